The van der Waals surface area contributed by atoms with Crippen LogP contribution in [0.3, 0.4) is 0 Å². The number of rotatable bonds is 4. The molecule has 1 aromatic rings. The zero-order valence-corrected chi connectivity index (χ0v) is 14.5. The van der Waals surface area contributed by atoms with Gasteiger partial charge >= 0.3 is 6.09 Å². The van der Waals surface area contributed by atoms with E-state index < -0.39 is 21.5 Å². The number of aromatic amines is 1. The van der Waals surface area contributed by atoms with Crippen LogP contribution in [0.4, 0.5) is 10.6 Å². The molecule has 1 aliphatic heterocycles. The topological polar surface area (TPSA) is 113 Å². The molecule has 1 saturated heterocycles. The van der Waals surface area contributed by atoms with Crippen LogP contribution in [0.1, 0.15) is 39.2 Å². The van der Waals surface area contributed by atoms with E-state index >= 15 is 0 Å². The summed E-state index contributed by atoms with van der Waals surface area (Å²) in [5.74, 6) is 0.868. The maximum Gasteiger partial charge on any atom is 0.413 e. The average Bonchev–Trinajstić information content (AvgIpc) is 2.80. The lowest BCUT2D eigenvalue weighted by Gasteiger charge is -2.23. The van der Waals surface area contributed by atoms with E-state index in [1.807, 2.05) is 0 Å². The SMILES string of the molecule is CC(C)(C)OC(=O)Nc1[nH]ncc1CNC1CCCS(=O)(=O)C1. The van der Waals surface area contributed by atoms with E-state index in [2.05, 4.69) is 20.8 Å². The van der Waals surface area contributed by atoms with Crippen LogP contribution in [-0.2, 0) is 21.1 Å². The van der Waals surface area contributed by atoms with Crippen molar-refractivity contribution in [3.8, 4) is 0 Å². The van der Waals surface area contributed by atoms with Crippen LogP contribution >= 0.6 is 0 Å². The maximum absolute atomic E-state index is 11.8. The van der Waals surface area contributed by atoms with Gasteiger partial charge in [0.25, 0.3) is 0 Å². The van der Waals surface area contributed by atoms with E-state index in [0.29, 0.717) is 18.8 Å². The van der Waals surface area contributed by atoms with Crippen molar-refractivity contribution in [3.05, 3.63) is 11.8 Å². The van der Waals surface area contributed by atoms with Crippen molar-refractivity contribution < 1.29 is 17.9 Å². The molecule has 8 nitrogen and oxygen atoms in total. The third-order valence-corrected chi connectivity index (χ3v) is 5.21. The van der Waals surface area contributed by atoms with E-state index in [-0.39, 0.29) is 17.5 Å². The Hall–Kier alpha value is -1.61. The van der Waals surface area contributed by atoms with Crippen molar-refractivity contribution >= 4 is 21.7 Å². The highest BCUT2D eigenvalue weighted by Crippen LogP contribution is 2.16. The summed E-state index contributed by atoms with van der Waals surface area (Å²) in [6, 6.07) is -0.0713. The number of carbonyl (C=O) groups is 1. The number of aromatic nitrogens is 2. The molecular formula is C14H24N4O4S. The third-order valence-electron chi connectivity index (χ3n) is 3.39. The summed E-state index contributed by atoms with van der Waals surface area (Å²) in [4.78, 5) is 11.8. The van der Waals surface area contributed by atoms with Crippen molar-refractivity contribution in [2.45, 2.75) is 51.8 Å². The first-order chi connectivity index (χ1) is 10.6. The quantitative estimate of drug-likeness (QED) is 0.761. The summed E-state index contributed by atoms with van der Waals surface area (Å²) < 4.78 is 28.5. The number of nitrogens with zero attached hydrogens (tertiary/aromatic N) is 1. The fraction of sp³-hybridized carbons (Fsp3) is 0.714. The number of amides is 1. The van der Waals surface area contributed by atoms with Gasteiger partial charge in [0.15, 0.2) is 9.84 Å². The molecule has 130 valence electrons. The number of hydrogen-bond donors (Lipinski definition) is 3. The van der Waals surface area contributed by atoms with Gasteiger partial charge in [0, 0.05) is 18.2 Å². The molecule has 1 aliphatic rings. The van der Waals surface area contributed by atoms with Crippen LogP contribution in [0, 0.1) is 0 Å². The molecule has 0 radical (unpaired) electrons. The van der Waals surface area contributed by atoms with E-state index in [1.165, 1.54) is 0 Å². The molecule has 0 bridgehead atoms. The number of sulfone groups is 1. The van der Waals surface area contributed by atoms with Gasteiger partial charge in [-0.05, 0) is 33.6 Å². The molecule has 3 N–H and O–H groups in total. The Morgan fingerprint density at radius 2 is 2.22 bits per heavy atom. The van der Waals surface area contributed by atoms with Gasteiger partial charge in [-0.3, -0.25) is 10.4 Å². The molecular weight excluding hydrogens is 320 g/mol. The first-order valence-electron chi connectivity index (χ1n) is 7.61. The number of ether oxygens (including phenoxy) is 1. The lowest BCUT2D eigenvalue weighted by atomic mass is 10.2. The van der Waals surface area contributed by atoms with Crippen molar-refractivity contribution in [3.63, 3.8) is 0 Å². The van der Waals surface area contributed by atoms with E-state index in [9.17, 15) is 13.2 Å². The van der Waals surface area contributed by atoms with Crippen LogP contribution in [0.25, 0.3) is 0 Å². The molecule has 0 spiro atoms. The second kappa shape index (κ2) is 6.88. The van der Waals surface area contributed by atoms with Crippen LogP contribution in [-0.4, -0.2) is 47.9 Å². The summed E-state index contributed by atoms with van der Waals surface area (Å²) in [5, 5.41) is 12.4. The Kier molecular flexibility index (Phi) is 5.30. The van der Waals surface area contributed by atoms with Gasteiger partial charge in [0.1, 0.15) is 11.4 Å². The predicted molar refractivity (Wildman–Crippen MR) is 87.0 cm³/mol. The highest BCUT2D eigenvalue weighted by atomic mass is 32.2. The summed E-state index contributed by atoms with van der Waals surface area (Å²) in [5.41, 5.74) is 0.165. The Balaban J connectivity index is 1.90. The number of H-pyrrole nitrogens is 1. The normalized spacial score (nSPS) is 20.9. The molecule has 1 unspecified atom stereocenters. The van der Waals surface area contributed by atoms with Crippen molar-refractivity contribution in [1.82, 2.24) is 15.5 Å². The fourth-order valence-corrected chi connectivity index (χ4v) is 4.07. The molecule has 0 aromatic carbocycles. The Morgan fingerprint density at radius 1 is 1.48 bits per heavy atom. The first-order valence-corrected chi connectivity index (χ1v) is 9.43. The minimum absolute atomic E-state index is 0.0713. The highest BCUT2D eigenvalue weighted by Gasteiger charge is 2.24. The van der Waals surface area contributed by atoms with Gasteiger partial charge in [-0.1, -0.05) is 0 Å². The zero-order chi connectivity index (χ0) is 17.1. The summed E-state index contributed by atoms with van der Waals surface area (Å²) in [6.45, 7) is 5.77. The van der Waals surface area contributed by atoms with Crippen molar-refractivity contribution in [1.29, 1.82) is 0 Å². The molecule has 9 heteroatoms. The number of nitrogens with one attached hydrogen (secondary N) is 3. The summed E-state index contributed by atoms with van der Waals surface area (Å²) in [6.07, 6.45) is 2.53. The molecule has 1 fully saturated rings. The van der Waals surface area contributed by atoms with E-state index in [4.69, 9.17) is 4.74 Å². The average molecular weight is 344 g/mol. The third kappa shape index (κ3) is 5.83. The lowest BCUT2D eigenvalue weighted by Crippen LogP contribution is -2.39. The number of anilines is 1. The van der Waals surface area contributed by atoms with Gasteiger partial charge in [0.2, 0.25) is 0 Å². The van der Waals surface area contributed by atoms with E-state index in [0.717, 1.165) is 12.0 Å². The molecule has 1 aromatic heterocycles. The van der Waals surface area contributed by atoms with Crippen LogP contribution in [0.5, 0.6) is 0 Å². The highest BCUT2D eigenvalue weighted by molar-refractivity contribution is 7.91. The maximum atomic E-state index is 11.8. The molecule has 2 heterocycles. The van der Waals surface area contributed by atoms with Gasteiger partial charge in [-0.25, -0.2) is 13.2 Å². The summed E-state index contributed by atoms with van der Waals surface area (Å²) in [7, 11) is -2.95. The second-order valence-corrected chi connectivity index (χ2v) is 8.96. The zero-order valence-electron chi connectivity index (χ0n) is 13.7. The lowest BCUT2D eigenvalue weighted by molar-refractivity contribution is 0.0635. The largest absolute Gasteiger partial charge is 0.444 e. The predicted octanol–water partition coefficient (Wildman–Crippen LogP) is 1.42. The second-order valence-electron chi connectivity index (χ2n) is 6.73. The first kappa shape index (κ1) is 17.7. The van der Waals surface area contributed by atoms with Crippen molar-refractivity contribution in [2.75, 3.05) is 16.8 Å². The minimum atomic E-state index is -2.95. The van der Waals surface area contributed by atoms with E-state index in [1.54, 1.807) is 27.0 Å². The monoisotopic (exact) mass is 344 g/mol. The van der Waals surface area contributed by atoms with Crippen LogP contribution in [0.15, 0.2) is 6.20 Å². The Bertz CT molecular complexity index is 648. The number of carbonyl (C=O) groups excluding carboxylic acids is 1. The number of hydrogen-bond acceptors (Lipinski definition) is 6. The van der Waals surface area contributed by atoms with Crippen LogP contribution in [0.2, 0.25) is 0 Å². The Labute approximate surface area is 136 Å². The van der Waals surface area contributed by atoms with Gasteiger partial charge in [-0.2, -0.15) is 5.10 Å². The molecule has 1 atom stereocenters. The Morgan fingerprint density at radius 3 is 2.87 bits per heavy atom. The fourth-order valence-electron chi connectivity index (χ4n) is 2.40. The molecule has 0 aliphatic carbocycles. The standard InChI is InChI=1S/C14H24N4O4S/c1-14(2,3)22-13(19)17-12-10(8-16-18-12)7-15-11-5-4-6-23(20,21)9-11/h8,11,15H,4-7,9H2,1-3H3,(H2,16,17,18,19). The molecule has 1 amide bonds. The molecule has 23 heavy (non-hydrogen) atoms. The summed E-state index contributed by atoms with van der Waals surface area (Å²) >= 11 is 0. The molecule has 0 saturated carbocycles. The smallest absolute Gasteiger partial charge is 0.413 e. The van der Waals surface area contributed by atoms with Crippen molar-refractivity contribution in [2.24, 2.45) is 0 Å². The molecule has 2 rings (SSSR count). The van der Waals surface area contributed by atoms with Gasteiger partial charge < -0.3 is 10.1 Å². The van der Waals surface area contributed by atoms with Gasteiger partial charge in [-0.15, -0.1) is 0 Å². The van der Waals surface area contributed by atoms with Gasteiger partial charge in [0.05, 0.1) is 17.7 Å². The minimum Gasteiger partial charge on any atom is -0.444 e. The van der Waals surface area contributed by atoms with Crippen LogP contribution < -0.4 is 10.6 Å².